The minimum atomic E-state index is -3.70. The minimum Gasteiger partial charge on any atom is -0.478 e. The van der Waals surface area contributed by atoms with Gasteiger partial charge in [-0.3, -0.25) is 4.72 Å². The van der Waals surface area contributed by atoms with Crippen LogP contribution in [0.3, 0.4) is 0 Å². The van der Waals surface area contributed by atoms with Crippen LogP contribution in [0.1, 0.15) is 10.4 Å². The van der Waals surface area contributed by atoms with Crippen molar-refractivity contribution in [1.29, 1.82) is 0 Å². The first-order valence-electron chi connectivity index (χ1n) is 5.83. The Labute approximate surface area is 125 Å². The molecule has 8 heteroatoms. The molecule has 2 aromatic rings. The fraction of sp³-hybridized carbons (Fsp3) is 0.0769. The molecule has 1 aromatic heterocycles. The summed E-state index contributed by atoms with van der Waals surface area (Å²) < 4.78 is 26.7. The number of benzene rings is 1. The predicted molar refractivity (Wildman–Crippen MR) is 80.8 cm³/mol. The number of rotatable bonds is 5. The van der Waals surface area contributed by atoms with E-state index in [2.05, 4.69) is 9.71 Å². The average molecular weight is 324 g/mol. The lowest BCUT2D eigenvalue weighted by atomic mass is 10.2. The van der Waals surface area contributed by atoms with Crippen LogP contribution in [0.4, 0.5) is 5.13 Å². The highest BCUT2D eigenvalue weighted by Crippen LogP contribution is 2.23. The summed E-state index contributed by atoms with van der Waals surface area (Å²) in [6.07, 6.45) is 3.72. The van der Waals surface area contributed by atoms with Gasteiger partial charge < -0.3 is 5.11 Å². The zero-order valence-electron chi connectivity index (χ0n) is 11.0. The summed E-state index contributed by atoms with van der Waals surface area (Å²) in [5.41, 5.74) is 0.835. The van der Waals surface area contributed by atoms with Gasteiger partial charge in [-0.05, 0) is 30.7 Å². The van der Waals surface area contributed by atoms with Crippen molar-refractivity contribution in [1.82, 2.24) is 4.98 Å². The summed E-state index contributed by atoms with van der Waals surface area (Å²) in [6.45, 7) is 1.80. The van der Waals surface area contributed by atoms with Crippen LogP contribution in [0.2, 0.25) is 0 Å². The van der Waals surface area contributed by atoms with Crippen molar-refractivity contribution >= 4 is 38.5 Å². The maximum atomic E-state index is 12.2. The summed E-state index contributed by atoms with van der Waals surface area (Å²) in [6, 6.07) is 6.51. The van der Waals surface area contributed by atoms with Gasteiger partial charge in [0.25, 0.3) is 10.0 Å². The van der Waals surface area contributed by atoms with Crippen molar-refractivity contribution in [2.75, 3.05) is 4.72 Å². The number of carbonyl (C=O) groups is 1. The van der Waals surface area contributed by atoms with Crippen LogP contribution in [0.25, 0.3) is 6.08 Å². The van der Waals surface area contributed by atoms with Crippen LogP contribution >= 0.6 is 11.3 Å². The van der Waals surface area contributed by atoms with E-state index in [1.54, 1.807) is 25.1 Å². The molecule has 2 rings (SSSR count). The number of thiazole rings is 1. The van der Waals surface area contributed by atoms with E-state index in [1.807, 2.05) is 0 Å². The average Bonchev–Trinajstić information content (AvgIpc) is 2.83. The summed E-state index contributed by atoms with van der Waals surface area (Å²) in [5.74, 6) is -1.08. The molecule has 0 saturated heterocycles. The molecule has 2 N–H and O–H groups in total. The molecule has 0 unspecified atom stereocenters. The zero-order chi connectivity index (χ0) is 15.5. The highest BCUT2D eigenvalue weighted by atomic mass is 32.2. The van der Waals surface area contributed by atoms with E-state index in [9.17, 15) is 13.2 Å². The van der Waals surface area contributed by atoms with Gasteiger partial charge in [0.05, 0.1) is 4.90 Å². The maximum absolute atomic E-state index is 12.2. The Morgan fingerprint density at radius 3 is 2.86 bits per heavy atom. The Morgan fingerprint density at radius 1 is 1.43 bits per heavy atom. The van der Waals surface area contributed by atoms with E-state index < -0.39 is 16.0 Å². The zero-order valence-corrected chi connectivity index (χ0v) is 12.6. The molecule has 0 fully saturated rings. The fourth-order valence-corrected chi connectivity index (χ4v) is 3.59. The van der Waals surface area contributed by atoms with Gasteiger partial charge in [-0.15, -0.1) is 0 Å². The van der Waals surface area contributed by atoms with Gasteiger partial charge in [-0.25, -0.2) is 18.2 Å². The fourth-order valence-electron chi connectivity index (χ4n) is 1.52. The smallest absolute Gasteiger partial charge is 0.328 e. The normalized spacial score (nSPS) is 11.7. The van der Waals surface area contributed by atoms with Gasteiger partial charge >= 0.3 is 5.97 Å². The van der Waals surface area contributed by atoms with Gasteiger partial charge in [-0.2, -0.15) is 0 Å². The number of anilines is 1. The summed E-state index contributed by atoms with van der Waals surface area (Å²) in [4.78, 5) is 15.0. The van der Waals surface area contributed by atoms with Gasteiger partial charge in [0.2, 0.25) is 0 Å². The number of hydrogen-bond donors (Lipinski definition) is 2. The van der Waals surface area contributed by atoms with Crippen molar-refractivity contribution in [3.63, 3.8) is 0 Å². The largest absolute Gasteiger partial charge is 0.478 e. The molecule has 1 aromatic carbocycles. The number of sulfonamides is 1. The van der Waals surface area contributed by atoms with E-state index in [1.165, 1.54) is 18.3 Å². The van der Waals surface area contributed by atoms with Crippen molar-refractivity contribution in [3.8, 4) is 0 Å². The number of carboxylic acids is 1. The van der Waals surface area contributed by atoms with Gasteiger partial charge in [-0.1, -0.05) is 23.5 Å². The molecule has 0 bridgehead atoms. The first-order chi connectivity index (χ1) is 9.87. The lowest BCUT2D eigenvalue weighted by Gasteiger charge is -2.05. The molecule has 0 aliphatic carbocycles. The van der Waals surface area contributed by atoms with Crippen LogP contribution < -0.4 is 4.72 Å². The summed E-state index contributed by atoms with van der Waals surface area (Å²) in [7, 11) is -3.70. The van der Waals surface area contributed by atoms with Crippen molar-refractivity contribution in [2.45, 2.75) is 11.8 Å². The lowest BCUT2D eigenvalue weighted by Crippen LogP contribution is -2.12. The van der Waals surface area contributed by atoms with E-state index in [-0.39, 0.29) is 10.0 Å². The number of hydrogen-bond acceptors (Lipinski definition) is 5. The summed E-state index contributed by atoms with van der Waals surface area (Å²) >= 11 is 1.05. The van der Waals surface area contributed by atoms with Gasteiger partial charge in [0.15, 0.2) is 5.13 Å². The van der Waals surface area contributed by atoms with Gasteiger partial charge in [0.1, 0.15) is 0 Å². The van der Waals surface area contributed by atoms with Crippen molar-refractivity contribution < 1.29 is 18.3 Å². The molecule has 21 heavy (non-hydrogen) atoms. The first kappa shape index (κ1) is 15.2. The van der Waals surface area contributed by atoms with Crippen molar-refractivity contribution in [2.24, 2.45) is 0 Å². The molecular weight excluding hydrogens is 312 g/mol. The maximum Gasteiger partial charge on any atom is 0.328 e. The highest BCUT2D eigenvalue weighted by molar-refractivity contribution is 7.93. The Kier molecular flexibility index (Phi) is 4.39. The van der Waals surface area contributed by atoms with E-state index in [0.717, 1.165) is 23.0 Å². The molecule has 0 atom stereocenters. The van der Waals surface area contributed by atoms with Crippen LogP contribution in [0.15, 0.2) is 41.4 Å². The SMILES string of the molecule is Cc1cccc(S(=O)(=O)Nc2ncc(C=CC(=O)O)s2)c1. The number of aromatic nitrogens is 1. The van der Waals surface area contributed by atoms with Crippen LogP contribution in [0.5, 0.6) is 0 Å². The van der Waals surface area contributed by atoms with Crippen LogP contribution in [-0.2, 0) is 14.8 Å². The lowest BCUT2D eigenvalue weighted by molar-refractivity contribution is -0.131. The van der Waals surface area contributed by atoms with E-state index in [4.69, 9.17) is 5.11 Å². The molecular formula is C13H12N2O4S2. The summed E-state index contributed by atoms with van der Waals surface area (Å²) in [5, 5.41) is 8.71. The Morgan fingerprint density at radius 2 is 2.19 bits per heavy atom. The molecule has 0 radical (unpaired) electrons. The van der Waals surface area contributed by atoms with Crippen LogP contribution in [-0.4, -0.2) is 24.5 Å². The Bertz CT molecular complexity index is 794. The third-order valence-corrected chi connectivity index (χ3v) is 4.78. The first-order valence-corrected chi connectivity index (χ1v) is 8.13. The number of aliphatic carboxylic acids is 1. The van der Waals surface area contributed by atoms with E-state index in [0.29, 0.717) is 4.88 Å². The second kappa shape index (κ2) is 6.06. The highest BCUT2D eigenvalue weighted by Gasteiger charge is 2.15. The number of aryl methyl sites for hydroxylation is 1. The molecule has 6 nitrogen and oxygen atoms in total. The third-order valence-electron chi connectivity index (χ3n) is 2.44. The molecule has 1 heterocycles. The van der Waals surface area contributed by atoms with E-state index >= 15 is 0 Å². The molecule has 0 amide bonds. The predicted octanol–water partition coefficient (Wildman–Crippen LogP) is 2.35. The van der Waals surface area contributed by atoms with Crippen LogP contribution in [0, 0.1) is 6.92 Å². The number of nitrogens with one attached hydrogen (secondary N) is 1. The van der Waals surface area contributed by atoms with Gasteiger partial charge in [0, 0.05) is 17.2 Å². The van der Waals surface area contributed by atoms with Crippen molar-refractivity contribution in [3.05, 3.63) is 47.0 Å². The molecule has 110 valence electrons. The third kappa shape index (κ3) is 4.14. The molecule has 0 aliphatic heterocycles. The minimum absolute atomic E-state index is 0.153. The quantitative estimate of drug-likeness (QED) is 0.823. The monoisotopic (exact) mass is 324 g/mol. The second-order valence-corrected chi connectivity index (χ2v) is 6.91. The molecule has 0 saturated carbocycles. The Hall–Kier alpha value is -2.19. The second-order valence-electron chi connectivity index (χ2n) is 4.16. The standard InChI is InChI=1S/C13H12N2O4S2/c1-9-3-2-4-11(7-9)21(18,19)15-13-14-8-10(20-13)5-6-12(16)17/h2-8H,1H3,(H,14,15)(H,16,17). The molecule has 0 aliphatic rings. The Balaban J connectivity index is 2.20. The number of carboxylic acid groups (broad SMARTS) is 1. The topological polar surface area (TPSA) is 96.4 Å². The number of nitrogens with zero attached hydrogens (tertiary/aromatic N) is 1. The molecule has 0 spiro atoms.